The molecule has 0 aliphatic carbocycles. The largest absolute Gasteiger partial charge is 0.237 e. The average Bonchev–Trinajstić information content (AvgIpc) is 2.58. The van der Waals surface area contributed by atoms with Crippen molar-refractivity contribution in [3.8, 4) is 11.4 Å². The molecule has 0 aliphatic heterocycles. The fourth-order valence-electron chi connectivity index (χ4n) is 2.70. The molecule has 0 saturated carbocycles. The quantitative estimate of drug-likeness (QED) is 0.516. The molecule has 2 heteroatoms. The van der Waals surface area contributed by atoms with E-state index in [4.69, 9.17) is 4.98 Å². The van der Waals surface area contributed by atoms with E-state index in [1.165, 1.54) is 57.1 Å². The second kappa shape index (κ2) is 10.1. The number of nitrogens with zero attached hydrogens (tertiary/aromatic N) is 2. The summed E-state index contributed by atoms with van der Waals surface area (Å²) in [4.78, 5) is 9.07. The first-order valence-electron chi connectivity index (χ1n) is 8.77. The van der Waals surface area contributed by atoms with Crippen LogP contribution in [-0.4, -0.2) is 9.97 Å². The third kappa shape index (κ3) is 5.97. The van der Waals surface area contributed by atoms with Gasteiger partial charge in [0.25, 0.3) is 0 Å². The third-order valence-electron chi connectivity index (χ3n) is 4.03. The second-order valence-corrected chi connectivity index (χ2v) is 5.96. The van der Waals surface area contributed by atoms with Gasteiger partial charge in [-0.25, -0.2) is 9.97 Å². The van der Waals surface area contributed by atoms with Crippen LogP contribution in [0.25, 0.3) is 11.4 Å². The van der Waals surface area contributed by atoms with E-state index in [1.54, 1.807) is 0 Å². The molecule has 0 N–H and O–H groups in total. The fraction of sp³-hybridized carbons (Fsp3) is 0.500. The summed E-state index contributed by atoms with van der Waals surface area (Å²) in [7, 11) is 0. The minimum absolute atomic E-state index is 0.845. The van der Waals surface area contributed by atoms with Crippen LogP contribution < -0.4 is 0 Å². The minimum Gasteiger partial charge on any atom is -0.237 e. The van der Waals surface area contributed by atoms with Gasteiger partial charge >= 0.3 is 0 Å². The summed E-state index contributed by atoms with van der Waals surface area (Å²) in [6.07, 6.45) is 13.8. The summed E-state index contributed by atoms with van der Waals surface area (Å²) in [5.41, 5.74) is 2.26. The normalized spacial score (nSPS) is 10.8. The molecule has 0 amide bonds. The summed E-state index contributed by atoms with van der Waals surface area (Å²) < 4.78 is 0. The van der Waals surface area contributed by atoms with Gasteiger partial charge in [-0.15, -0.1) is 0 Å². The number of rotatable bonds is 10. The monoisotopic (exact) mass is 296 g/mol. The van der Waals surface area contributed by atoms with Gasteiger partial charge in [-0.1, -0.05) is 82.2 Å². The summed E-state index contributed by atoms with van der Waals surface area (Å²) in [6, 6.07) is 12.3. The van der Waals surface area contributed by atoms with Gasteiger partial charge in [0.05, 0.1) is 0 Å². The van der Waals surface area contributed by atoms with E-state index in [0.717, 1.165) is 17.8 Å². The zero-order chi connectivity index (χ0) is 15.5. The van der Waals surface area contributed by atoms with Crippen LogP contribution in [0.5, 0.6) is 0 Å². The van der Waals surface area contributed by atoms with E-state index >= 15 is 0 Å². The van der Waals surface area contributed by atoms with Gasteiger partial charge in [-0.3, -0.25) is 0 Å². The van der Waals surface area contributed by atoms with Crippen molar-refractivity contribution >= 4 is 0 Å². The van der Waals surface area contributed by atoms with Crippen molar-refractivity contribution in [3.05, 3.63) is 48.3 Å². The van der Waals surface area contributed by atoms with Gasteiger partial charge < -0.3 is 0 Å². The lowest BCUT2D eigenvalue weighted by atomic mass is 10.1. The number of hydrogen-bond donors (Lipinski definition) is 0. The molecule has 0 saturated heterocycles. The molecule has 0 atom stereocenters. The topological polar surface area (TPSA) is 25.8 Å². The molecule has 0 radical (unpaired) electrons. The Morgan fingerprint density at radius 1 is 0.773 bits per heavy atom. The van der Waals surface area contributed by atoms with Gasteiger partial charge in [-0.05, 0) is 18.9 Å². The maximum atomic E-state index is 4.69. The van der Waals surface area contributed by atoms with Crippen LogP contribution in [0.2, 0.25) is 0 Å². The van der Waals surface area contributed by atoms with E-state index in [2.05, 4.69) is 24.0 Å². The van der Waals surface area contributed by atoms with Gasteiger partial charge in [0.2, 0.25) is 0 Å². The molecule has 2 nitrogen and oxygen atoms in total. The lowest BCUT2D eigenvalue weighted by Gasteiger charge is -2.04. The Morgan fingerprint density at radius 3 is 2.18 bits per heavy atom. The van der Waals surface area contributed by atoms with Crippen LogP contribution >= 0.6 is 0 Å². The maximum absolute atomic E-state index is 4.69. The highest BCUT2D eigenvalue weighted by atomic mass is 14.9. The molecular formula is C20H28N2. The first-order chi connectivity index (χ1) is 10.9. The second-order valence-electron chi connectivity index (χ2n) is 5.96. The van der Waals surface area contributed by atoms with E-state index in [9.17, 15) is 0 Å². The van der Waals surface area contributed by atoms with Gasteiger partial charge in [0.15, 0.2) is 5.82 Å². The van der Waals surface area contributed by atoms with Crippen molar-refractivity contribution in [1.29, 1.82) is 0 Å². The van der Waals surface area contributed by atoms with Gasteiger partial charge in [0, 0.05) is 17.5 Å². The van der Waals surface area contributed by atoms with Gasteiger partial charge in [0.1, 0.15) is 0 Å². The van der Waals surface area contributed by atoms with Crippen molar-refractivity contribution in [2.24, 2.45) is 0 Å². The van der Waals surface area contributed by atoms with E-state index in [1.807, 2.05) is 30.5 Å². The highest BCUT2D eigenvalue weighted by molar-refractivity contribution is 5.54. The molecule has 0 spiro atoms. The van der Waals surface area contributed by atoms with Crippen molar-refractivity contribution < 1.29 is 0 Å². The molecule has 118 valence electrons. The Hall–Kier alpha value is -1.70. The molecule has 1 heterocycles. The molecule has 2 aromatic rings. The van der Waals surface area contributed by atoms with E-state index < -0.39 is 0 Å². The van der Waals surface area contributed by atoms with Crippen LogP contribution in [0.3, 0.4) is 0 Å². The number of hydrogen-bond acceptors (Lipinski definition) is 2. The van der Waals surface area contributed by atoms with Crippen molar-refractivity contribution in [2.75, 3.05) is 0 Å². The van der Waals surface area contributed by atoms with Crippen LogP contribution in [0.4, 0.5) is 0 Å². The molecule has 0 fully saturated rings. The van der Waals surface area contributed by atoms with E-state index in [0.29, 0.717) is 0 Å². The minimum atomic E-state index is 0.845. The smallest absolute Gasteiger partial charge is 0.159 e. The summed E-state index contributed by atoms with van der Waals surface area (Å²) >= 11 is 0. The summed E-state index contributed by atoms with van der Waals surface area (Å²) in [5, 5.41) is 0. The Morgan fingerprint density at radius 2 is 1.45 bits per heavy atom. The van der Waals surface area contributed by atoms with Crippen LogP contribution in [-0.2, 0) is 6.42 Å². The Kier molecular flexibility index (Phi) is 7.65. The molecule has 2 rings (SSSR count). The van der Waals surface area contributed by atoms with E-state index in [-0.39, 0.29) is 0 Å². The average molecular weight is 296 g/mol. The molecule has 1 aromatic carbocycles. The molecule has 1 aromatic heterocycles. The lowest BCUT2D eigenvalue weighted by Crippen LogP contribution is -1.95. The van der Waals surface area contributed by atoms with Gasteiger partial charge in [-0.2, -0.15) is 0 Å². The number of aromatic nitrogens is 2. The Balaban J connectivity index is 1.70. The SMILES string of the molecule is CCCCCCCCCCc1ccnc(-c2ccccc2)n1. The first kappa shape index (κ1) is 16.7. The zero-order valence-electron chi connectivity index (χ0n) is 13.8. The van der Waals surface area contributed by atoms with Crippen molar-refractivity contribution in [2.45, 2.75) is 64.7 Å². The van der Waals surface area contributed by atoms with Crippen molar-refractivity contribution in [3.63, 3.8) is 0 Å². The molecule has 0 aliphatic rings. The Bertz CT molecular complexity index is 522. The van der Waals surface area contributed by atoms with Crippen LogP contribution in [0.15, 0.2) is 42.6 Å². The standard InChI is InChI=1S/C20H28N2/c1-2-3-4-5-6-7-8-12-15-19-16-17-21-20(22-19)18-13-10-9-11-14-18/h9-11,13-14,16-17H,2-8,12,15H2,1H3. The third-order valence-corrected chi connectivity index (χ3v) is 4.03. The molecule has 0 unspecified atom stereocenters. The molecule has 22 heavy (non-hydrogen) atoms. The lowest BCUT2D eigenvalue weighted by molar-refractivity contribution is 0.574. The number of unbranched alkanes of at least 4 members (excludes halogenated alkanes) is 7. The highest BCUT2D eigenvalue weighted by Crippen LogP contribution is 2.15. The number of benzene rings is 1. The maximum Gasteiger partial charge on any atom is 0.159 e. The predicted molar refractivity (Wildman–Crippen MR) is 93.8 cm³/mol. The zero-order valence-corrected chi connectivity index (χ0v) is 13.8. The number of aryl methyl sites for hydroxylation is 1. The van der Waals surface area contributed by atoms with Crippen LogP contribution in [0, 0.1) is 0 Å². The fourth-order valence-corrected chi connectivity index (χ4v) is 2.70. The Labute approximate surface area is 135 Å². The van der Waals surface area contributed by atoms with Crippen LogP contribution in [0.1, 0.15) is 64.0 Å². The molecular weight excluding hydrogens is 268 g/mol. The summed E-state index contributed by atoms with van der Waals surface area (Å²) in [5.74, 6) is 0.845. The van der Waals surface area contributed by atoms with Crippen molar-refractivity contribution in [1.82, 2.24) is 9.97 Å². The highest BCUT2D eigenvalue weighted by Gasteiger charge is 2.02. The predicted octanol–water partition coefficient (Wildman–Crippen LogP) is 5.83. The summed E-state index contributed by atoms with van der Waals surface area (Å²) in [6.45, 7) is 2.27. The first-order valence-corrected chi connectivity index (χ1v) is 8.77. The molecule has 0 bridgehead atoms.